The Labute approximate surface area is 191 Å². The summed E-state index contributed by atoms with van der Waals surface area (Å²) < 4.78 is 1.88. The van der Waals surface area contributed by atoms with Crippen LogP contribution in [0.4, 0.5) is 0 Å². The number of aryl methyl sites for hydroxylation is 2. The quantitative estimate of drug-likeness (QED) is 0.633. The number of rotatable bonds is 6. The van der Waals surface area contributed by atoms with Gasteiger partial charge in [-0.05, 0) is 39.1 Å². The van der Waals surface area contributed by atoms with Crippen LogP contribution in [0.25, 0.3) is 10.8 Å². The van der Waals surface area contributed by atoms with Crippen molar-refractivity contribution < 1.29 is 4.79 Å². The van der Waals surface area contributed by atoms with Crippen molar-refractivity contribution >= 4 is 25.3 Å². The van der Waals surface area contributed by atoms with Crippen LogP contribution in [-0.2, 0) is 4.79 Å². The minimum Gasteiger partial charge on any atom is -0.370 e. The van der Waals surface area contributed by atoms with E-state index < -0.39 is 0 Å². The van der Waals surface area contributed by atoms with Crippen LogP contribution in [0.1, 0.15) is 30.9 Å². The minimum atomic E-state index is 0.0360. The Morgan fingerprint density at radius 1 is 1.22 bits per heavy atom. The van der Waals surface area contributed by atoms with E-state index in [0.717, 1.165) is 66.3 Å². The van der Waals surface area contributed by atoms with Gasteiger partial charge in [0, 0.05) is 43.1 Å². The molecule has 32 heavy (non-hydrogen) atoms. The van der Waals surface area contributed by atoms with E-state index in [-0.39, 0.29) is 11.7 Å². The van der Waals surface area contributed by atoms with Crippen molar-refractivity contribution in [2.75, 3.05) is 32.7 Å². The standard InChI is InChI=1S/C24H31N6OP/c1-5-27(6-2)12-18-13-28(14-18)19-7-8-24-29(15-19)23(31)10-22(32-24)20-9-21-17(4)25-16(3)11-30(21)26-20/h7-11,15,18,24,32H,5-6,12-14H2,1-4H3. The first-order chi connectivity index (χ1) is 15.4. The summed E-state index contributed by atoms with van der Waals surface area (Å²) in [4.78, 5) is 24.3. The summed E-state index contributed by atoms with van der Waals surface area (Å²) in [7, 11) is 0.471. The van der Waals surface area contributed by atoms with Gasteiger partial charge in [-0.25, -0.2) is 4.52 Å². The van der Waals surface area contributed by atoms with E-state index in [0.29, 0.717) is 14.5 Å². The number of carbonyl (C=O) groups is 1. The summed E-state index contributed by atoms with van der Waals surface area (Å²) in [6.45, 7) is 13.9. The number of carbonyl (C=O) groups excluding carboxylic acids is 1. The van der Waals surface area contributed by atoms with Gasteiger partial charge in [0.25, 0.3) is 5.91 Å². The first kappa shape index (κ1) is 21.4. The van der Waals surface area contributed by atoms with Crippen LogP contribution in [0.3, 0.4) is 0 Å². The number of nitrogens with zero attached hydrogens (tertiary/aromatic N) is 6. The second-order valence-corrected chi connectivity index (χ2v) is 10.3. The Kier molecular flexibility index (Phi) is 5.64. The van der Waals surface area contributed by atoms with Gasteiger partial charge in [-0.2, -0.15) is 5.10 Å². The molecule has 0 saturated carbocycles. The monoisotopic (exact) mass is 450 g/mol. The lowest BCUT2D eigenvalue weighted by atomic mass is 9.98. The largest absolute Gasteiger partial charge is 0.370 e. The van der Waals surface area contributed by atoms with E-state index >= 15 is 0 Å². The highest BCUT2D eigenvalue weighted by atomic mass is 31.1. The molecular formula is C24H31N6OP. The lowest BCUT2D eigenvalue weighted by molar-refractivity contribution is -0.123. The van der Waals surface area contributed by atoms with Gasteiger partial charge in [0.1, 0.15) is 0 Å². The molecule has 0 radical (unpaired) electrons. The second-order valence-electron chi connectivity index (χ2n) is 8.89. The average Bonchev–Trinajstić information content (AvgIpc) is 3.17. The van der Waals surface area contributed by atoms with Crippen LogP contribution >= 0.6 is 8.58 Å². The predicted molar refractivity (Wildman–Crippen MR) is 129 cm³/mol. The lowest BCUT2D eigenvalue weighted by Gasteiger charge is -2.45. The molecule has 7 nitrogen and oxygen atoms in total. The first-order valence-corrected chi connectivity index (χ1v) is 12.5. The molecule has 168 valence electrons. The molecule has 1 amide bonds. The molecule has 8 heteroatoms. The van der Waals surface area contributed by atoms with E-state index in [4.69, 9.17) is 5.10 Å². The molecule has 0 aliphatic carbocycles. The molecule has 0 bridgehead atoms. The number of hydrogen-bond acceptors (Lipinski definition) is 5. The van der Waals surface area contributed by atoms with Crippen molar-refractivity contribution in [3.8, 4) is 0 Å². The number of allylic oxidation sites excluding steroid dienone is 1. The van der Waals surface area contributed by atoms with Crippen molar-refractivity contribution in [1.29, 1.82) is 0 Å². The van der Waals surface area contributed by atoms with Crippen LogP contribution in [0.2, 0.25) is 0 Å². The molecule has 1 fully saturated rings. The Morgan fingerprint density at radius 3 is 2.75 bits per heavy atom. The highest BCUT2D eigenvalue weighted by Crippen LogP contribution is 2.44. The molecule has 1 saturated heterocycles. The maximum absolute atomic E-state index is 13.0. The molecule has 0 N–H and O–H groups in total. The third-order valence-electron chi connectivity index (χ3n) is 6.61. The fourth-order valence-electron chi connectivity index (χ4n) is 4.77. The van der Waals surface area contributed by atoms with Gasteiger partial charge in [0.05, 0.1) is 40.3 Å². The first-order valence-electron chi connectivity index (χ1n) is 11.5. The summed E-state index contributed by atoms with van der Waals surface area (Å²) in [6, 6.07) is 2.05. The van der Waals surface area contributed by atoms with E-state index in [1.54, 1.807) is 6.08 Å². The van der Waals surface area contributed by atoms with Crippen molar-refractivity contribution in [3.05, 3.63) is 59.5 Å². The Bertz CT molecular complexity index is 1140. The normalized spacial score (nSPS) is 21.9. The molecule has 3 aliphatic heterocycles. The molecule has 2 unspecified atom stereocenters. The highest BCUT2D eigenvalue weighted by Gasteiger charge is 2.34. The van der Waals surface area contributed by atoms with Gasteiger partial charge in [-0.15, -0.1) is 0 Å². The summed E-state index contributed by atoms with van der Waals surface area (Å²) in [5, 5.41) is 5.75. The topological polar surface area (TPSA) is 57.0 Å². The second kappa shape index (κ2) is 8.45. The molecule has 2 aromatic rings. The predicted octanol–water partition coefficient (Wildman–Crippen LogP) is 3.22. The Balaban J connectivity index is 1.30. The number of fused-ring (bicyclic) bond motifs is 2. The van der Waals surface area contributed by atoms with Crippen LogP contribution < -0.4 is 0 Å². The SMILES string of the molecule is CCN(CC)CC1CN(C2=CN3C(=O)C=C(c4cc5c(C)nc(C)cn5n4)PC3C=C2)C1. The molecule has 0 spiro atoms. The van der Waals surface area contributed by atoms with Gasteiger partial charge in [0.2, 0.25) is 0 Å². The molecule has 2 atom stereocenters. The number of hydrogen-bond donors (Lipinski definition) is 0. The fraction of sp³-hybridized carbons (Fsp3) is 0.458. The summed E-state index contributed by atoms with van der Waals surface area (Å²) >= 11 is 0. The highest BCUT2D eigenvalue weighted by molar-refractivity contribution is 7.51. The zero-order valence-electron chi connectivity index (χ0n) is 19.2. The summed E-state index contributed by atoms with van der Waals surface area (Å²) in [5.41, 5.74) is 4.90. The van der Waals surface area contributed by atoms with Crippen LogP contribution in [0, 0.1) is 19.8 Å². The minimum absolute atomic E-state index is 0.0360. The van der Waals surface area contributed by atoms with Crippen LogP contribution in [0.5, 0.6) is 0 Å². The van der Waals surface area contributed by atoms with E-state index in [9.17, 15) is 4.79 Å². The molecule has 2 aromatic heterocycles. The van der Waals surface area contributed by atoms with Crippen molar-refractivity contribution in [2.24, 2.45) is 5.92 Å². The maximum atomic E-state index is 13.0. The number of aromatic nitrogens is 3. The van der Waals surface area contributed by atoms with Gasteiger partial charge in [-0.1, -0.05) is 28.5 Å². The maximum Gasteiger partial charge on any atom is 0.252 e. The zero-order chi connectivity index (χ0) is 22.4. The van der Waals surface area contributed by atoms with E-state index in [2.05, 4.69) is 40.8 Å². The van der Waals surface area contributed by atoms with Gasteiger partial charge in [0.15, 0.2) is 0 Å². The lowest BCUT2D eigenvalue weighted by Crippen LogP contribution is -2.51. The van der Waals surface area contributed by atoms with Crippen molar-refractivity contribution in [1.82, 2.24) is 29.3 Å². The summed E-state index contributed by atoms with van der Waals surface area (Å²) in [6.07, 6.45) is 10.1. The summed E-state index contributed by atoms with van der Waals surface area (Å²) in [5.74, 6) is 0.822. The number of amides is 1. The molecular weight excluding hydrogens is 419 g/mol. The van der Waals surface area contributed by atoms with Gasteiger partial charge >= 0.3 is 0 Å². The molecule has 3 aliphatic rings. The molecule has 5 rings (SSSR count). The Hall–Kier alpha value is -2.50. The van der Waals surface area contributed by atoms with Crippen molar-refractivity contribution in [3.63, 3.8) is 0 Å². The average molecular weight is 451 g/mol. The van der Waals surface area contributed by atoms with Gasteiger partial charge < -0.3 is 14.7 Å². The van der Waals surface area contributed by atoms with Gasteiger partial charge in [-0.3, -0.25) is 9.78 Å². The van der Waals surface area contributed by atoms with Crippen molar-refractivity contribution in [2.45, 2.75) is 33.5 Å². The smallest absolute Gasteiger partial charge is 0.252 e. The number of likely N-dealkylation sites (tertiary alicyclic amines) is 1. The molecule has 0 aromatic carbocycles. The molecule has 5 heterocycles. The van der Waals surface area contributed by atoms with E-state index in [1.165, 1.54) is 0 Å². The zero-order valence-corrected chi connectivity index (χ0v) is 20.2. The van der Waals surface area contributed by atoms with Crippen LogP contribution in [-0.4, -0.2) is 73.7 Å². The third-order valence-corrected chi connectivity index (χ3v) is 8.09. The van der Waals surface area contributed by atoms with Crippen LogP contribution in [0.15, 0.2) is 42.4 Å². The fourth-order valence-corrected chi connectivity index (χ4v) is 6.09. The Morgan fingerprint density at radius 2 is 2.00 bits per heavy atom. The van der Waals surface area contributed by atoms with E-state index in [1.807, 2.05) is 41.7 Å². The third kappa shape index (κ3) is 3.89.